The van der Waals surface area contributed by atoms with Gasteiger partial charge in [-0.15, -0.1) is 0 Å². The Balaban J connectivity index is 2.12. The van der Waals surface area contributed by atoms with Gasteiger partial charge in [-0.2, -0.15) is 0 Å². The number of rotatable bonds is 2. The number of hydrogen-bond acceptors (Lipinski definition) is 2. The highest BCUT2D eigenvalue weighted by atomic mass is 16.5. The van der Waals surface area contributed by atoms with E-state index in [0.717, 1.165) is 11.1 Å². The fraction of sp³-hybridized carbons (Fsp3) is 0.0667. The molecule has 1 radical (unpaired) electrons. The largest absolute Gasteiger partial charge is 0.569 e. The van der Waals surface area contributed by atoms with Gasteiger partial charge in [0, 0.05) is 11.1 Å². The van der Waals surface area contributed by atoms with Crippen LogP contribution in [0.1, 0.15) is 16.7 Å². The van der Waals surface area contributed by atoms with Crippen molar-refractivity contribution in [3.8, 4) is 17.6 Å². The summed E-state index contributed by atoms with van der Waals surface area (Å²) in [4.78, 5) is 0. The molecule has 0 saturated carbocycles. The van der Waals surface area contributed by atoms with Gasteiger partial charge in [0.1, 0.15) is 5.75 Å². The quantitative estimate of drug-likeness (QED) is 0.639. The van der Waals surface area contributed by atoms with E-state index in [1.54, 1.807) is 12.1 Å². The van der Waals surface area contributed by atoms with Crippen molar-refractivity contribution in [3.63, 3.8) is 0 Å². The molecule has 1 N–H and O–H groups in total. The normalized spacial score (nSPS) is 9.22. The topological polar surface area (TPSA) is 29.5 Å². The molecule has 0 aliphatic heterocycles. The lowest BCUT2D eigenvalue weighted by Crippen LogP contribution is -1.99. The molecule has 0 saturated heterocycles. The Bertz CT molecular complexity index is 562. The van der Waals surface area contributed by atoms with Crippen molar-refractivity contribution >= 4 is 7.69 Å². The van der Waals surface area contributed by atoms with Crippen LogP contribution >= 0.6 is 0 Å². The Morgan fingerprint density at radius 3 is 1.89 bits per heavy atom. The van der Waals surface area contributed by atoms with Gasteiger partial charge in [-0.05, 0) is 43.3 Å². The van der Waals surface area contributed by atoms with Crippen LogP contribution in [0.5, 0.6) is 5.75 Å². The standard InChI is InChI=1S/C15H12BO2/c1-12-2-4-13(5-3-12)6-7-14-8-10-15(11-9-14)18-16-17/h2-5,8-11,17H,1H3. The van der Waals surface area contributed by atoms with Crippen LogP contribution in [0, 0.1) is 18.8 Å². The highest BCUT2D eigenvalue weighted by Gasteiger charge is 1.93. The van der Waals surface area contributed by atoms with E-state index in [-0.39, 0.29) is 0 Å². The van der Waals surface area contributed by atoms with Crippen LogP contribution in [-0.2, 0) is 0 Å². The molecule has 18 heavy (non-hydrogen) atoms. The zero-order chi connectivity index (χ0) is 12.8. The van der Waals surface area contributed by atoms with Crippen molar-refractivity contribution in [2.75, 3.05) is 0 Å². The van der Waals surface area contributed by atoms with E-state index in [2.05, 4.69) is 11.8 Å². The maximum absolute atomic E-state index is 8.49. The van der Waals surface area contributed by atoms with E-state index in [1.807, 2.05) is 43.3 Å². The number of hydrogen-bond donors (Lipinski definition) is 1. The average molecular weight is 235 g/mol. The van der Waals surface area contributed by atoms with Crippen LogP contribution in [0.3, 0.4) is 0 Å². The van der Waals surface area contributed by atoms with Crippen molar-refractivity contribution in [2.24, 2.45) is 0 Å². The highest BCUT2D eigenvalue weighted by Crippen LogP contribution is 2.10. The van der Waals surface area contributed by atoms with Gasteiger partial charge in [-0.25, -0.2) is 0 Å². The first kappa shape index (κ1) is 12.3. The van der Waals surface area contributed by atoms with Gasteiger partial charge in [-0.1, -0.05) is 29.5 Å². The molecule has 0 heterocycles. The van der Waals surface area contributed by atoms with Crippen LogP contribution in [0.2, 0.25) is 0 Å². The molecule has 0 fully saturated rings. The lowest BCUT2D eigenvalue weighted by Gasteiger charge is -1.99. The molecule has 0 aliphatic carbocycles. The first-order chi connectivity index (χ1) is 8.78. The Hall–Kier alpha value is -2.18. The van der Waals surface area contributed by atoms with Crippen molar-refractivity contribution in [3.05, 3.63) is 65.2 Å². The smallest absolute Gasteiger partial charge is 0.537 e. The summed E-state index contributed by atoms with van der Waals surface area (Å²) in [5.74, 6) is 6.74. The molecular formula is C15H12BO2. The minimum absolute atomic E-state index is 0.582. The molecule has 0 aliphatic rings. The van der Waals surface area contributed by atoms with Gasteiger partial charge in [0.2, 0.25) is 0 Å². The minimum Gasteiger partial charge on any atom is -0.537 e. The van der Waals surface area contributed by atoms with E-state index in [9.17, 15) is 0 Å². The highest BCUT2D eigenvalue weighted by molar-refractivity contribution is 6.17. The Labute approximate surface area is 108 Å². The molecule has 3 heteroatoms. The summed E-state index contributed by atoms with van der Waals surface area (Å²) < 4.78 is 4.82. The van der Waals surface area contributed by atoms with Crippen molar-refractivity contribution < 1.29 is 9.68 Å². The first-order valence-corrected chi connectivity index (χ1v) is 5.59. The Morgan fingerprint density at radius 1 is 0.889 bits per heavy atom. The maximum Gasteiger partial charge on any atom is 0.569 e. The van der Waals surface area contributed by atoms with Gasteiger partial charge in [-0.3, -0.25) is 0 Å². The Kier molecular flexibility index (Phi) is 4.06. The number of aryl methyl sites for hydroxylation is 1. The van der Waals surface area contributed by atoms with Crippen LogP contribution in [0.15, 0.2) is 48.5 Å². The Morgan fingerprint density at radius 2 is 1.39 bits per heavy atom. The van der Waals surface area contributed by atoms with E-state index in [0.29, 0.717) is 13.4 Å². The minimum atomic E-state index is 0.582. The molecule has 0 aromatic heterocycles. The summed E-state index contributed by atoms with van der Waals surface area (Å²) in [6.07, 6.45) is 0. The van der Waals surface area contributed by atoms with Crippen molar-refractivity contribution in [2.45, 2.75) is 6.92 Å². The van der Waals surface area contributed by atoms with Crippen molar-refractivity contribution in [1.29, 1.82) is 0 Å². The first-order valence-electron chi connectivity index (χ1n) is 5.59. The summed E-state index contributed by atoms with van der Waals surface area (Å²) in [7, 11) is 0.660. The van der Waals surface area contributed by atoms with Gasteiger partial charge in [0.15, 0.2) is 0 Å². The average Bonchev–Trinajstić information content (AvgIpc) is 2.40. The second kappa shape index (κ2) is 5.95. The third-order valence-corrected chi connectivity index (χ3v) is 2.45. The lowest BCUT2D eigenvalue weighted by molar-refractivity contribution is 0.454. The predicted molar refractivity (Wildman–Crippen MR) is 72.2 cm³/mol. The third kappa shape index (κ3) is 3.41. The van der Waals surface area contributed by atoms with Crippen LogP contribution in [0.25, 0.3) is 0 Å². The van der Waals surface area contributed by atoms with Gasteiger partial charge < -0.3 is 9.68 Å². The summed E-state index contributed by atoms with van der Waals surface area (Å²) in [6.45, 7) is 2.05. The zero-order valence-electron chi connectivity index (χ0n) is 10.1. The van der Waals surface area contributed by atoms with Gasteiger partial charge >= 0.3 is 7.69 Å². The molecule has 0 atom stereocenters. The molecule has 0 spiro atoms. The van der Waals surface area contributed by atoms with E-state index >= 15 is 0 Å². The summed E-state index contributed by atoms with van der Waals surface area (Å²) in [5.41, 5.74) is 3.12. The molecule has 0 unspecified atom stereocenters. The van der Waals surface area contributed by atoms with Crippen LogP contribution in [0.4, 0.5) is 0 Å². The molecular weight excluding hydrogens is 223 g/mol. The monoisotopic (exact) mass is 235 g/mol. The molecule has 2 aromatic rings. The fourth-order valence-corrected chi connectivity index (χ4v) is 1.46. The van der Waals surface area contributed by atoms with Crippen molar-refractivity contribution in [1.82, 2.24) is 0 Å². The third-order valence-electron chi connectivity index (χ3n) is 2.45. The van der Waals surface area contributed by atoms with Crippen LogP contribution in [-0.4, -0.2) is 12.7 Å². The lowest BCUT2D eigenvalue weighted by atomic mass is 10.1. The van der Waals surface area contributed by atoms with Gasteiger partial charge in [0.25, 0.3) is 0 Å². The molecule has 2 rings (SSSR count). The summed E-state index contributed by atoms with van der Waals surface area (Å²) in [6, 6.07) is 15.3. The second-order valence-electron chi connectivity index (χ2n) is 3.86. The molecule has 87 valence electrons. The zero-order valence-corrected chi connectivity index (χ0v) is 10.1. The molecule has 0 amide bonds. The molecule has 0 bridgehead atoms. The molecule has 2 aromatic carbocycles. The number of benzene rings is 2. The summed E-state index contributed by atoms with van der Waals surface area (Å²) in [5, 5.41) is 8.49. The SMILES string of the molecule is Cc1ccc(C#Cc2ccc(O[B]O)cc2)cc1. The summed E-state index contributed by atoms with van der Waals surface area (Å²) >= 11 is 0. The van der Waals surface area contributed by atoms with Crippen LogP contribution < -0.4 is 4.65 Å². The van der Waals surface area contributed by atoms with E-state index < -0.39 is 0 Å². The fourth-order valence-electron chi connectivity index (χ4n) is 1.46. The maximum atomic E-state index is 8.49. The molecule has 2 nitrogen and oxygen atoms in total. The predicted octanol–water partition coefficient (Wildman–Crippen LogP) is 2.30. The van der Waals surface area contributed by atoms with Gasteiger partial charge in [0.05, 0.1) is 0 Å². The van der Waals surface area contributed by atoms with E-state index in [1.165, 1.54) is 5.56 Å². The second-order valence-corrected chi connectivity index (χ2v) is 3.86. The van der Waals surface area contributed by atoms with E-state index in [4.69, 9.17) is 9.68 Å².